The zero-order valence-electron chi connectivity index (χ0n) is 11.0. The fourth-order valence-corrected chi connectivity index (χ4v) is 2.08. The van der Waals surface area contributed by atoms with Gasteiger partial charge in [-0.1, -0.05) is 63.4 Å². The molecule has 0 saturated carbocycles. The first-order valence-corrected chi connectivity index (χ1v) is 6.65. The molecule has 0 unspecified atom stereocenters. The van der Waals surface area contributed by atoms with Gasteiger partial charge in [-0.15, -0.1) is 0 Å². The normalized spacial score (nSPS) is 16.5. The molecule has 3 N–H and O–H groups in total. The van der Waals surface area contributed by atoms with Gasteiger partial charge in [-0.05, 0) is 12.0 Å². The van der Waals surface area contributed by atoms with E-state index < -0.39 is 0 Å². The molecule has 0 spiro atoms. The van der Waals surface area contributed by atoms with Crippen molar-refractivity contribution in [1.82, 2.24) is 0 Å². The third-order valence-corrected chi connectivity index (χ3v) is 3.46. The minimum atomic E-state index is -0.295. The number of unbranched alkanes of at least 4 members (excludes halogenated alkanes) is 2. The summed E-state index contributed by atoms with van der Waals surface area (Å²) in [6, 6.07) is 9.95. The van der Waals surface area contributed by atoms with Crippen molar-refractivity contribution >= 4 is 0 Å². The zero-order chi connectivity index (χ0) is 12.7. The molecule has 96 valence electrons. The molecule has 0 aromatic heterocycles. The van der Waals surface area contributed by atoms with Gasteiger partial charge in [0.05, 0.1) is 6.10 Å². The van der Waals surface area contributed by atoms with Crippen molar-refractivity contribution in [3.05, 3.63) is 35.9 Å². The molecule has 0 aliphatic rings. The maximum absolute atomic E-state index is 10.1. The standard InChI is InChI=1S/C15H25NO/c1-3-4-6-11-14(17)12(2)15(16)13-9-7-5-8-10-13/h5,7-10,12,14-15,17H,3-4,6,11,16H2,1-2H3/t12-,14-,15+/m1/s1. The lowest BCUT2D eigenvalue weighted by atomic mass is 9.88. The molecule has 0 radical (unpaired) electrons. The Bertz CT molecular complexity index is 299. The highest BCUT2D eigenvalue weighted by Crippen LogP contribution is 2.24. The van der Waals surface area contributed by atoms with Crippen molar-refractivity contribution < 1.29 is 5.11 Å². The topological polar surface area (TPSA) is 46.2 Å². The summed E-state index contributed by atoms with van der Waals surface area (Å²) in [7, 11) is 0. The van der Waals surface area contributed by atoms with Gasteiger partial charge in [-0.2, -0.15) is 0 Å². The van der Waals surface area contributed by atoms with Crippen LogP contribution in [0, 0.1) is 5.92 Å². The van der Waals surface area contributed by atoms with Crippen LogP contribution >= 0.6 is 0 Å². The lowest BCUT2D eigenvalue weighted by Crippen LogP contribution is -2.29. The molecule has 0 bridgehead atoms. The van der Waals surface area contributed by atoms with Crippen molar-refractivity contribution in [2.75, 3.05) is 0 Å². The quantitative estimate of drug-likeness (QED) is 0.713. The molecular formula is C15H25NO. The molecule has 2 nitrogen and oxygen atoms in total. The first-order valence-electron chi connectivity index (χ1n) is 6.65. The molecule has 0 aliphatic carbocycles. The van der Waals surface area contributed by atoms with Crippen LogP contribution in [-0.4, -0.2) is 11.2 Å². The fraction of sp³-hybridized carbons (Fsp3) is 0.600. The van der Waals surface area contributed by atoms with Gasteiger partial charge in [0, 0.05) is 12.0 Å². The number of benzene rings is 1. The van der Waals surface area contributed by atoms with Crippen LogP contribution in [0.1, 0.15) is 51.1 Å². The van der Waals surface area contributed by atoms with Gasteiger partial charge in [0.15, 0.2) is 0 Å². The van der Waals surface area contributed by atoms with E-state index in [0.29, 0.717) is 0 Å². The molecule has 1 rings (SSSR count). The lowest BCUT2D eigenvalue weighted by Gasteiger charge is -2.25. The Morgan fingerprint density at radius 1 is 1.18 bits per heavy atom. The van der Waals surface area contributed by atoms with Gasteiger partial charge in [-0.3, -0.25) is 0 Å². The third kappa shape index (κ3) is 4.49. The summed E-state index contributed by atoms with van der Waals surface area (Å²) in [5, 5.41) is 10.1. The summed E-state index contributed by atoms with van der Waals surface area (Å²) >= 11 is 0. The maximum Gasteiger partial charge on any atom is 0.0583 e. The predicted octanol–water partition coefficient (Wildman–Crippen LogP) is 3.26. The van der Waals surface area contributed by atoms with Gasteiger partial charge >= 0.3 is 0 Å². The van der Waals surface area contributed by atoms with Crippen LogP contribution in [0.4, 0.5) is 0 Å². The van der Waals surface area contributed by atoms with Crippen molar-refractivity contribution in [2.24, 2.45) is 11.7 Å². The number of rotatable bonds is 7. The van der Waals surface area contributed by atoms with Crippen molar-refractivity contribution in [3.8, 4) is 0 Å². The Kier molecular flexibility index (Phi) is 6.23. The molecule has 0 saturated heterocycles. The number of aliphatic hydroxyl groups is 1. The Morgan fingerprint density at radius 2 is 1.82 bits per heavy atom. The summed E-state index contributed by atoms with van der Waals surface area (Å²) in [5.74, 6) is 0.106. The smallest absolute Gasteiger partial charge is 0.0583 e. The van der Waals surface area contributed by atoms with Crippen molar-refractivity contribution in [3.63, 3.8) is 0 Å². The molecule has 0 amide bonds. The number of hydrogen-bond acceptors (Lipinski definition) is 2. The van der Waals surface area contributed by atoms with E-state index in [4.69, 9.17) is 5.73 Å². The zero-order valence-corrected chi connectivity index (χ0v) is 11.0. The highest BCUT2D eigenvalue weighted by atomic mass is 16.3. The van der Waals surface area contributed by atoms with Crippen molar-refractivity contribution in [1.29, 1.82) is 0 Å². The molecule has 1 aromatic carbocycles. The Hall–Kier alpha value is -0.860. The Labute approximate surface area is 105 Å². The summed E-state index contributed by atoms with van der Waals surface area (Å²) < 4.78 is 0. The van der Waals surface area contributed by atoms with Crippen LogP contribution in [0.2, 0.25) is 0 Å². The van der Waals surface area contributed by atoms with Gasteiger partial charge in [0.2, 0.25) is 0 Å². The minimum Gasteiger partial charge on any atom is -0.393 e. The summed E-state index contributed by atoms with van der Waals surface area (Å²) in [4.78, 5) is 0. The second-order valence-corrected chi connectivity index (χ2v) is 4.86. The summed E-state index contributed by atoms with van der Waals surface area (Å²) in [5.41, 5.74) is 7.29. The average Bonchev–Trinajstić information content (AvgIpc) is 2.38. The number of hydrogen-bond donors (Lipinski definition) is 2. The summed E-state index contributed by atoms with van der Waals surface area (Å²) in [6.07, 6.45) is 4.02. The second kappa shape index (κ2) is 7.46. The number of nitrogens with two attached hydrogens (primary N) is 1. The van der Waals surface area contributed by atoms with Gasteiger partial charge in [-0.25, -0.2) is 0 Å². The highest BCUT2D eigenvalue weighted by Gasteiger charge is 2.21. The van der Waals surface area contributed by atoms with E-state index in [0.717, 1.165) is 18.4 Å². The Balaban J connectivity index is 2.48. The van der Waals surface area contributed by atoms with E-state index in [1.54, 1.807) is 0 Å². The van der Waals surface area contributed by atoms with E-state index in [1.807, 2.05) is 37.3 Å². The Morgan fingerprint density at radius 3 is 2.41 bits per heavy atom. The largest absolute Gasteiger partial charge is 0.393 e. The SMILES string of the molecule is CCCCC[C@@H](O)[C@@H](C)[C@H](N)c1ccccc1. The molecule has 3 atom stereocenters. The van der Waals surface area contributed by atoms with Crippen LogP contribution < -0.4 is 5.73 Å². The first-order chi connectivity index (χ1) is 8.16. The second-order valence-electron chi connectivity index (χ2n) is 4.86. The molecule has 2 heteroatoms. The van der Waals surface area contributed by atoms with Crippen LogP contribution in [0.15, 0.2) is 30.3 Å². The van der Waals surface area contributed by atoms with Crippen LogP contribution in [0.3, 0.4) is 0 Å². The number of aliphatic hydroxyl groups excluding tert-OH is 1. The lowest BCUT2D eigenvalue weighted by molar-refractivity contribution is 0.0911. The minimum absolute atomic E-state index is 0.0761. The van der Waals surface area contributed by atoms with E-state index in [1.165, 1.54) is 12.8 Å². The molecule has 0 heterocycles. The van der Waals surface area contributed by atoms with E-state index in [9.17, 15) is 5.11 Å². The van der Waals surface area contributed by atoms with Gasteiger partial charge < -0.3 is 10.8 Å². The van der Waals surface area contributed by atoms with E-state index in [-0.39, 0.29) is 18.1 Å². The molecule has 0 aliphatic heterocycles. The molecular weight excluding hydrogens is 210 g/mol. The predicted molar refractivity (Wildman–Crippen MR) is 72.7 cm³/mol. The highest BCUT2D eigenvalue weighted by molar-refractivity contribution is 5.19. The monoisotopic (exact) mass is 235 g/mol. The van der Waals surface area contributed by atoms with Gasteiger partial charge in [0.1, 0.15) is 0 Å². The van der Waals surface area contributed by atoms with Crippen LogP contribution in [-0.2, 0) is 0 Å². The fourth-order valence-electron chi connectivity index (χ4n) is 2.08. The third-order valence-electron chi connectivity index (χ3n) is 3.46. The van der Waals surface area contributed by atoms with E-state index >= 15 is 0 Å². The first kappa shape index (κ1) is 14.2. The summed E-state index contributed by atoms with van der Waals surface area (Å²) in [6.45, 7) is 4.21. The molecule has 17 heavy (non-hydrogen) atoms. The molecule has 0 fully saturated rings. The molecule has 1 aromatic rings. The van der Waals surface area contributed by atoms with Crippen LogP contribution in [0.5, 0.6) is 0 Å². The van der Waals surface area contributed by atoms with Crippen molar-refractivity contribution in [2.45, 2.75) is 51.7 Å². The van der Waals surface area contributed by atoms with E-state index in [2.05, 4.69) is 6.92 Å². The maximum atomic E-state index is 10.1. The van der Waals surface area contributed by atoms with Crippen LogP contribution in [0.25, 0.3) is 0 Å². The average molecular weight is 235 g/mol. The van der Waals surface area contributed by atoms with Gasteiger partial charge in [0.25, 0.3) is 0 Å².